The van der Waals surface area contributed by atoms with Crippen molar-refractivity contribution in [3.8, 4) is 0 Å². The van der Waals surface area contributed by atoms with E-state index in [1.807, 2.05) is 39.1 Å². The van der Waals surface area contributed by atoms with Gasteiger partial charge in [0.1, 0.15) is 5.82 Å². The molecule has 0 unspecified atom stereocenters. The Kier molecular flexibility index (Phi) is 6.62. The molecule has 1 N–H and O–H groups in total. The van der Waals surface area contributed by atoms with E-state index in [0.29, 0.717) is 11.3 Å². The average molecular weight is 447 g/mol. The molecule has 0 aliphatic heterocycles. The summed E-state index contributed by atoms with van der Waals surface area (Å²) in [5.74, 6) is -1.57. The van der Waals surface area contributed by atoms with Gasteiger partial charge in [0.2, 0.25) is 5.91 Å². The van der Waals surface area contributed by atoms with Crippen molar-refractivity contribution in [1.82, 2.24) is 14.9 Å². The summed E-state index contributed by atoms with van der Waals surface area (Å²) < 4.78 is 18.6. The summed E-state index contributed by atoms with van der Waals surface area (Å²) in [6.07, 6.45) is 0.693. The third kappa shape index (κ3) is 4.57. The van der Waals surface area contributed by atoms with E-state index in [0.717, 1.165) is 17.1 Å². The van der Waals surface area contributed by atoms with Gasteiger partial charge in [0.25, 0.3) is 5.91 Å². The first-order valence-corrected chi connectivity index (χ1v) is 11.2. The van der Waals surface area contributed by atoms with Crippen LogP contribution in [0, 0.1) is 12.7 Å². The van der Waals surface area contributed by atoms with Crippen molar-refractivity contribution in [2.75, 3.05) is 4.90 Å². The number of hydrogen-bond donors (Lipinski definition) is 1. The summed E-state index contributed by atoms with van der Waals surface area (Å²) in [7, 11) is 0. The molecule has 2 aromatic heterocycles. The number of anilines is 1. The molecule has 9 heteroatoms. The lowest BCUT2D eigenvalue weighted by Crippen LogP contribution is -2.50. The highest BCUT2D eigenvalue weighted by Gasteiger charge is 2.38. The predicted octanol–water partition coefficient (Wildman–Crippen LogP) is 4.74. The molecule has 3 aromatic rings. The summed E-state index contributed by atoms with van der Waals surface area (Å²) in [6.45, 7) is 7.64. The van der Waals surface area contributed by atoms with Crippen LogP contribution in [0.4, 0.5) is 10.1 Å². The van der Waals surface area contributed by atoms with E-state index < -0.39 is 23.3 Å². The minimum atomic E-state index is -1.05. The zero-order chi connectivity index (χ0) is 21.9. The Morgan fingerprint density at radius 1 is 1.27 bits per heavy atom. The second-order valence-corrected chi connectivity index (χ2v) is 9.07. The average Bonchev–Trinajstić information content (AvgIpc) is 3.38. The zero-order valence-corrected chi connectivity index (χ0v) is 18.8. The number of nitrogens with zero attached hydrogens (tertiary/aromatic N) is 3. The summed E-state index contributed by atoms with van der Waals surface area (Å²) in [5.41, 5.74) is 0.426. The number of halogens is 1. The highest BCUT2D eigenvalue weighted by Crippen LogP contribution is 2.35. The molecule has 6 nitrogen and oxygen atoms in total. The molecule has 2 heterocycles. The van der Waals surface area contributed by atoms with Gasteiger partial charge in [-0.15, -0.1) is 16.4 Å². The number of nitrogens with one attached hydrogen (secondary N) is 1. The Morgan fingerprint density at radius 2 is 2.00 bits per heavy atom. The van der Waals surface area contributed by atoms with Gasteiger partial charge in [-0.2, -0.15) is 0 Å². The van der Waals surface area contributed by atoms with Gasteiger partial charge in [0.05, 0.1) is 5.69 Å². The highest BCUT2D eigenvalue weighted by molar-refractivity contribution is 7.10. The van der Waals surface area contributed by atoms with Crippen molar-refractivity contribution in [2.24, 2.45) is 0 Å². The predicted molar refractivity (Wildman–Crippen MR) is 117 cm³/mol. The van der Waals surface area contributed by atoms with E-state index in [4.69, 9.17) is 0 Å². The molecular formula is C21H23FN4O2S2. The van der Waals surface area contributed by atoms with E-state index in [1.165, 1.54) is 39.8 Å². The highest BCUT2D eigenvalue weighted by atomic mass is 32.1. The largest absolute Gasteiger partial charge is 0.349 e. The van der Waals surface area contributed by atoms with Gasteiger partial charge in [0, 0.05) is 15.8 Å². The van der Waals surface area contributed by atoms with Crippen molar-refractivity contribution in [3.05, 3.63) is 63.0 Å². The maximum absolute atomic E-state index is 14.9. The number of aromatic nitrogens is 2. The van der Waals surface area contributed by atoms with Crippen LogP contribution >= 0.6 is 22.9 Å². The number of carbonyl (C=O) groups excluding carboxylic acids is 2. The topological polar surface area (TPSA) is 75.2 Å². The first kappa shape index (κ1) is 22.0. The summed E-state index contributed by atoms with van der Waals surface area (Å²) in [5, 5.41) is 10.2. The summed E-state index contributed by atoms with van der Waals surface area (Å²) in [4.78, 5) is 28.8. The lowest BCUT2D eigenvalue weighted by molar-refractivity contribution is -0.124. The molecule has 0 saturated carbocycles. The number of hydrogen-bond acceptors (Lipinski definition) is 6. The van der Waals surface area contributed by atoms with E-state index in [2.05, 4.69) is 14.9 Å². The quantitative estimate of drug-likeness (QED) is 0.569. The Labute approximate surface area is 182 Å². The number of aryl methyl sites for hydroxylation is 1. The monoisotopic (exact) mass is 446 g/mol. The smallest absolute Gasteiger partial charge is 0.280 e. The van der Waals surface area contributed by atoms with Crippen LogP contribution in [0.25, 0.3) is 0 Å². The van der Waals surface area contributed by atoms with Crippen molar-refractivity contribution in [2.45, 2.75) is 45.7 Å². The number of amides is 2. The van der Waals surface area contributed by atoms with E-state index in [-0.39, 0.29) is 17.3 Å². The molecule has 1 aromatic carbocycles. The SMILES string of the molecule is CCC(C)(C)NC(=O)[C@@H](c1sccc1C)N(C(=O)c1csnn1)c1ccccc1F. The first-order chi connectivity index (χ1) is 14.2. The maximum Gasteiger partial charge on any atom is 0.280 e. The lowest BCUT2D eigenvalue weighted by Gasteiger charge is -2.34. The molecule has 30 heavy (non-hydrogen) atoms. The molecule has 158 valence electrons. The summed E-state index contributed by atoms with van der Waals surface area (Å²) in [6, 6.07) is 6.74. The van der Waals surface area contributed by atoms with Crippen molar-refractivity contribution in [3.63, 3.8) is 0 Å². The van der Waals surface area contributed by atoms with Gasteiger partial charge in [-0.1, -0.05) is 23.5 Å². The van der Waals surface area contributed by atoms with Gasteiger partial charge in [-0.3, -0.25) is 14.5 Å². The molecule has 0 saturated heterocycles. The maximum atomic E-state index is 14.9. The van der Waals surface area contributed by atoms with Crippen LogP contribution in [0.3, 0.4) is 0 Å². The van der Waals surface area contributed by atoms with Crippen LogP contribution < -0.4 is 10.2 Å². The van der Waals surface area contributed by atoms with Crippen LogP contribution in [0.2, 0.25) is 0 Å². The number of benzene rings is 1. The Bertz CT molecular complexity index is 1030. The standard InChI is InChI=1S/C21H23FN4O2S2/c1-5-21(3,4)23-19(27)17(18-13(2)10-11-29-18)26(16-9-7-6-8-14(16)22)20(28)15-12-30-25-24-15/h6-12,17H,5H2,1-4H3,(H,23,27)/t17-/m1/s1. The normalized spacial score (nSPS) is 12.4. The molecular weight excluding hydrogens is 423 g/mol. The molecule has 0 bridgehead atoms. The fraction of sp³-hybridized carbons (Fsp3) is 0.333. The van der Waals surface area contributed by atoms with Crippen LogP contribution in [0.15, 0.2) is 41.1 Å². The lowest BCUT2D eigenvalue weighted by atomic mass is 10.00. The number of para-hydroxylation sites is 1. The van der Waals surface area contributed by atoms with Crippen molar-refractivity contribution >= 4 is 40.4 Å². The second kappa shape index (κ2) is 9.01. The minimum Gasteiger partial charge on any atom is -0.349 e. The number of rotatable bonds is 7. The van der Waals surface area contributed by atoms with Crippen molar-refractivity contribution < 1.29 is 14.0 Å². The fourth-order valence-corrected chi connectivity index (χ4v) is 4.35. The Morgan fingerprint density at radius 3 is 2.57 bits per heavy atom. The number of thiophene rings is 1. The first-order valence-electron chi connectivity index (χ1n) is 9.46. The van der Waals surface area contributed by atoms with Gasteiger partial charge in [-0.05, 0) is 67.9 Å². The summed E-state index contributed by atoms with van der Waals surface area (Å²) >= 11 is 2.37. The van der Waals surface area contributed by atoms with Crippen LogP contribution in [-0.4, -0.2) is 26.9 Å². The molecule has 0 radical (unpaired) electrons. The van der Waals surface area contributed by atoms with E-state index >= 15 is 0 Å². The van der Waals surface area contributed by atoms with Crippen LogP contribution in [0.1, 0.15) is 54.2 Å². The van der Waals surface area contributed by atoms with Crippen molar-refractivity contribution in [1.29, 1.82) is 0 Å². The molecule has 0 aliphatic rings. The fourth-order valence-electron chi connectivity index (χ4n) is 2.90. The van der Waals surface area contributed by atoms with E-state index in [9.17, 15) is 14.0 Å². The number of carbonyl (C=O) groups is 2. The molecule has 0 aliphatic carbocycles. The van der Waals surface area contributed by atoms with Gasteiger partial charge >= 0.3 is 0 Å². The second-order valence-electron chi connectivity index (χ2n) is 7.51. The molecule has 3 rings (SSSR count). The molecule has 0 fully saturated rings. The third-order valence-electron chi connectivity index (χ3n) is 4.91. The molecule has 2 amide bonds. The van der Waals surface area contributed by atoms with E-state index in [1.54, 1.807) is 6.07 Å². The zero-order valence-electron chi connectivity index (χ0n) is 17.2. The van der Waals surface area contributed by atoms with Gasteiger partial charge in [0.15, 0.2) is 11.7 Å². The van der Waals surface area contributed by atoms with Crippen LogP contribution in [-0.2, 0) is 4.79 Å². The van der Waals surface area contributed by atoms with Gasteiger partial charge < -0.3 is 5.32 Å². The van der Waals surface area contributed by atoms with Gasteiger partial charge in [-0.25, -0.2) is 4.39 Å². The molecule has 0 spiro atoms. The van der Waals surface area contributed by atoms with Crippen LogP contribution in [0.5, 0.6) is 0 Å². The third-order valence-corrected chi connectivity index (χ3v) is 6.49. The Balaban J connectivity index is 2.18. The Hall–Kier alpha value is -2.65. The molecule has 1 atom stereocenters. The minimum absolute atomic E-state index is 0.0118.